The standard InChI is InChI=1S/C20H29N3O3/c1-3-18-21-11-15(12-22-18)19(24)23-9-8-20(25-2)7-6-16(10-17(20)23)26-13-14-4-5-14/h11-12,14,16-17H,3-10,13H2,1-2H3/t16-,17-,20+/m0/s1. The number of carbonyl (C=O) groups excluding carboxylic acids is 1. The zero-order valence-electron chi connectivity index (χ0n) is 15.8. The Morgan fingerprint density at radius 3 is 2.69 bits per heavy atom. The van der Waals surface area contributed by atoms with Crippen LogP contribution in [0.15, 0.2) is 12.4 Å². The summed E-state index contributed by atoms with van der Waals surface area (Å²) >= 11 is 0. The van der Waals surface area contributed by atoms with Gasteiger partial charge in [0.05, 0.1) is 23.3 Å². The summed E-state index contributed by atoms with van der Waals surface area (Å²) in [5, 5.41) is 0. The van der Waals surface area contributed by atoms with Crippen molar-refractivity contribution in [3.63, 3.8) is 0 Å². The Balaban J connectivity index is 1.48. The number of carbonyl (C=O) groups is 1. The number of likely N-dealkylation sites (tertiary alicyclic amines) is 1. The lowest BCUT2D eigenvalue weighted by Gasteiger charge is -2.43. The van der Waals surface area contributed by atoms with Gasteiger partial charge in [0, 0.05) is 39.1 Å². The van der Waals surface area contributed by atoms with Crippen LogP contribution in [0, 0.1) is 5.92 Å². The molecule has 0 spiro atoms. The Hall–Kier alpha value is -1.53. The van der Waals surface area contributed by atoms with Crippen molar-refractivity contribution in [1.82, 2.24) is 14.9 Å². The summed E-state index contributed by atoms with van der Waals surface area (Å²) in [7, 11) is 1.78. The second-order valence-electron chi connectivity index (χ2n) is 7.95. The molecule has 2 saturated carbocycles. The number of aromatic nitrogens is 2. The van der Waals surface area contributed by atoms with Crippen LogP contribution in [0.5, 0.6) is 0 Å². The molecule has 4 rings (SSSR count). The average Bonchev–Trinajstić information content (AvgIpc) is 3.45. The van der Waals surface area contributed by atoms with E-state index in [-0.39, 0.29) is 23.7 Å². The number of amides is 1. The van der Waals surface area contributed by atoms with Gasteiger partial charge in [-0.2, -0.15) is 0 Å². The fourth-order valence-electron chi connectivity index (χ4n) is 4.43. The van der Waals surface area contributed by atoms with Gasteiger partial charge in [0.25, 0.3) is 5.91 Å². The zero-order valence-corrected chi connectivity index (χ0v) is 15.8. The SMILES string of the molecule is CCc1ncc(C(=O)N2CC[C@]3(OC)CC[C@H](OCC4CC4)C[C@H]23)cn1. The molecule has 0 unspecified atom stereocenters. The third-order valence-corrected chi connectivity index (χ3v) is 6.34. The number of nitrogens with zero attached hydrogens (tertiary/aromatic N) is 3. The summed E-state index contributed by atoms with van der Waals surface area (Å²) in [6, 6.07) is 0.0730. The molecule has 142 valence electrons. The molecule has 1 aliphatic heterocycles. The van der Waals surface area contributed by atoms with Crippen molar-refractivity contribution in [3.05, 3.63) is 23.8 Å². The first-order valence-electron chi connectivity index (χ1n) is 9.94. The lowest BCUT2D eigenvalue weighted by molar-refractivity contribution is -0.0977. The number of ether oxygens (including phenoxy) is 2. The van der Waals surface area contributed by atoms with Crippen LogP contribution < -0.4 is 0 Å². The minimum Gasteiger partial charge on any atom is -0.378 e. The van der Waals surface area contributed by atoms with E-state index in [9.17, 15) is 4.79 Å². The van der Waals surface area contributed by atoms with Crippen LogP contribution in [0.4, 0.5) is 0 Å². The molecule has 1 aromatic rings. The topological polar surface area (TPSA) is 64.6 Å². The number of rotatable bonds is 6. The first-order valence-corrected chi connectivity index (χ1v) is 9.94. The van der Waals surface area contributed by atoms with E-state index in [0.717, 1.165) is 57.0 Å². The number of hydrogen-bond acceptors (Lipinski definition) is 5. The molecule has 3 aliphatic rings. The lowest BCUT2D eigenvalue weighted by Crippen LogP contribution is -2.53. The van der Waals surface area contributed by atoms with Crippen molar-refractivity contribution in [2.75, 3.05) is 20.3 Å². The van der Waals surface area contributed by atoms with Crippen LogP contribution in [0.2, 0.25) is 0 Å². The molecule has 1 saturated heterocycles. The van der Waals surface area contributed by atoms with E-state index < -0.39 is 0 Å². The van der Waals surface area contributed by atoms with Gasteiger partial charge in [-0.15, -0.1) is 0 Å². The molecule has 1 aromatic heterocycles. The van der Waals surface area contributed by atoms with E-state index in [0.29, 0.717) is 5.56 Å². The van der Waals surface area contributed by atoms with Crippen molar-refractivity contribution in [3.8, 4) is 0 Å². The minimum absolute atomic E-state index is 0.0134. The zero-order chi connectivity index (χ0) is 18.1. The molecule has 1 amide bonds. The van der Waals surface area contributed by atoms with Crippen LogP contribution in [-0.4, -0.2) is 58.8 Å². The molecule has 2 aliphatic carbocycles. The van der Waals surface area contributed by atoms with Crippen molar-refractivity contribution >= 4 is 5.91 Å². The smallest absolute Gasteiger partial charge is 0.257 e. The van der Waals surface area contributed by atoms with Gasteiger partial charge in [-0.05, 0) is 44.4 Å². The van der Waals surface area contributed by atoms with E-state index in [1.54, 1.807) is 19.5 Å². The van der Waals surface area contributed by atoms with Crippen LogP contribution >= 0.6 is 0 Å². The van der Waals surface area contributed by atoms with Gasteiger partial charge in [-0.1, -0.05) is 6.92 Å². The quantitative estimate of drug-likeness (QED) is 0.781. The maximum Gasteiger partial charge on any atom is 0.257 e. The largest absolute Gasteiger partial charge is 0.378 e. The van der Waals surface area contributed by atoms with Gasteiger partial charge < -0.3 is 14.4 Å². The van der Waals surface area contributed by atoms with Gasteiger partial charge >= 0.3 is 0 Å². The van der Waals surface area contributed by atoms with Gasteiger partial charge in [-0.3, -0.25) is 4.79 Å². The number of methoxy groups -OCH3 is 1. The van der Waals surface area contributed by atoms with E-state index in [4.69, 9.17) is 9.47 Å². The highest BCUT2D eigenvalue weighted by atomic mass is 16.5. The number of hydrogen-bond donors (Lipinski definition) is 0. The molecule has 3 fully saturated rings. The Labute approximate surface area is 155 Å². The molecule has 3 atom stereocenters. The summed E-state index contributed by atoms with van der Waals surface area (Å²) in [4.78, 5) is 23.6. The average molecular weight is 359 g/mol. The fourth-order valence-corrected chi connectivity index (χ4v) is 4.43. The summed E-state index contributed by atoms with van der Waals surface area (Å²) in [5.41, 5.74) is 0.342. The number of fused-ring (bicyclic) bond motifs is 1. The van der Waals surface area contributed by atoms with Gasteiger partial charge in [0.15, 0.2) is 0 Å². The highest BCUT2D eigenvalue weighted by Gasteiger charge is 2.53. The van der Waals surface area contributed by atoms with Crippen LogP contribution in [0.25, 0.3) is 0 Å². The van der Waals surface area contributed by atoms with E-state index in [1.165, 1.54) is 12.8 Å². The van der Waals surface area contributed by atoms with Crippen LogP contribution in [-0.2, 0) is 15.9 Å². The minimum atomic E-state index is -0.223. The first-order chi connectivity index (χ1) is 12.6. The molecule has 26 heavy (non-hydrogen) atoms. The highest BCUT2D eigenvalue weighted by molar-refractivity contribution is 5.94. The maximum absolute atomic E-state index is 13.1. The Kier molecular flexibility index (Phi) is 4.97. The Morgan fingerprint density at radius 2 is 2.04 bits per heavy atom. The normalized spacial score (nSPS) is 31.1. The molecular weight excluding hydrogens is 330 g/mol. The molecule has 0 aromatic carbocycles. The summed E-state index contributed by atoms with van der Waals surface area (Å²) in [6.07, 6.45) is 10.7. The second-order valence-corrected chi connectivity index (χ2v) is 7.95. The summed E-state index contributed by atoms with van der Waals surface area (Å²) < 4.78 is 12.1. The molecule has 0 bridgehead atoms. The Bertz CT molecular complexity index is 646. The lowest BCUT2D eigenvalue weighted by atomic mass is 9.79. The fraction of sp³-hybridized carbons (Fsp3) is 0.750. The molecule has 0 N–H and O–H groups in total. The van der Waals surface area contributed by atoms with Gasteiger partial charge in [-0.25, -0.2) is 9.97 Å². The predicted molar refractivity (Wildman–Crippen MR) is 96.9 cm³/mol. The number of aryl methyl sites for hydroxylation is 1. The second kappa shape index (κ2) is 7.24. The van der Waals surface area contributed by atoms with E-state index >= 15 is 0 Å². The first kappa shape index (κ1) is 17.9. The summed E-state index contributed by atoms with van der Waals surface area (Å²) in [5.74, 6) is 1.54. The molecule has 6 nitrogen and oxygen atoms in total. The van der Waals surface area contributed by atoms with Crippen molar-refractivity contribution in [2.45, 2.75) is 69.6 Å². The van der Waals surface area contributed by atoms with Crippen LogP contribution in [0.3, 0.4) is 0 Å². The summed E-state index contributed by atoms with van der Waals surface area (Å²) in [6.45, 7) is 3.61. The Morgan fingerprint density at radius 1 is 1.27 bits per heavy atom. The molecule has 6 heteroatoms. The molecule has 2 heterocycles. The molecular formula is C20H29N3O3. The van der Waals surface area contributed by atoms with Crippen molar-refractivity contribution < 1.29 is 14.3 Å². The van der Waals surface area contributed by atoms with Crippen molar-refractivity contribution in [1.29, 1.82) is 0 Å². The van der Waals surface area contributed by atoms with E-state index in [1.807, 2.05) is 11.8 Å². The third-order valence-electron chi connectivity index (χ3n) is 6.34. The van der Waals surface area contributed by atoms with Crippen molar-refractivity contribution in [2.24, 2.45) is 5.92 Å². The highest BCUT2D eigenvalue weighted by Crippen LogP contribution is 2.44. The van der Waals surface area contributed by atoms with Crippen LogP contribution in [0.1, 0.15) is 61.6 Å². The monoisotopic (exact) mass is 359 g/mol. The van der Waals surface area contributed by atoms with Gasteiger partial charge in [0.2, 0.25) is 0 Å². The van der Waals surface area contributed by atoms with Gasteiger partial charge in [0.1, 0.15) is 5.82 Å². The third kappa shape index (κ3) is 3.37. The maximum atomic E-state index is 13.1. The molecule has 0 radical (unpaired) electrons. The predicted octanol–water partition coefficient (Wildman–Crippen LogP) is 2.62. The van der Waals surface area contributed by atoms with E-state index in [2.05, 4.69) is 9.97 Å².